The summed E-state index contributed by atoms with van der Waals surface area (Å²) in [6, 6.07) is 18.8. The van der Waals surface area contributed by atoms with Crippen LogP contribution in [0.1, 0.15) is 12.0 Å². The lowest BCUT2D eigenvalue weighted by atomic mass is 10.1. The van der Waals surface area contributed by atoms with E-state index >= 15 is 0 Å². The molecule has 0 saturated carbocycles. The molecule has 1 aliphatic rings. The van der Waals surface area contributed by atoms with Gasteiger partial charge in [0, 0.05) is 68.5 Å². The van der Waals surface area contributed by atoms with Crippen LogP contribution in [0.25, 0.3) is 10.9 Å². The molecule has 0 atom stereocenters. The van der Waals surface area contributed by atoms with Gasteiger partial charge in [-0.25, -0.2) is 0 Å². The largest absolute Gasteiger partial charge is 0.368 e. The molecule has 2 heterocycles. The van der Waals surface area contributed by atoms with E-state index in [1.54, 1.807) is 0 Å². The third-order valence-electron chi connectivity index (χ3n) is 5.27. The predicted molar refractivity (Wildman–Crippen MR) is 110 cm³/mol. The number of para-hydroxylation sites is 1. The zero-order valence-corrected chi connectivity index (χ0v) is 15.5. The van der Waals surface area contributed by atoms with Gasteiger partial charge in [-0.1, -0.05) is 30.3 Å². The average molecular weight is 362 g/mol. The Morgan fingerprint density at radius 3 is 2.59 bits per heavy atom. The van der Waals surface area contributed by atoms with E-state index in [-0.39, 0.29) is 5.91 Å². The Hall–Kier alpha value is -2.79. The molecule has 1 fully saturated rings. The van der Waals surface area contributed by atoms with Gasteiger partial charge in [0.15, 0.2) is 0 Å². The Bertz CT molecular complexity index is 881. The van der Waals surface area contributed by atoms with Crippen molar-refractivity contribution in [1.82, 2.24) is 15.2 Å². The molecule has 1 amide bonds. The van der Waals surface area contributed by atoms with E-state index in [0.29, 0.717) is 13.0 Å². The van der Waals surface area contributed by atoms with Gasteiger partial charge in [-0.05, 0) is 29.8 Å². The van der Waals surface area contributed by atoms with Crippen LogP contribution in [0.5, 0.6) is 0 Å². The molecular weight excluding hydrogens is 336 g/mol. The molecule has 4 rings (SSSR count). The van der Waals surface area contributed by atoms with Crippen molar-refractivity contribution in [2.75, 3.05) is 37.6 Å². The molecule has 0 unspecified atom stereocenters. The highest BCUT2D eigenvalue weighted by Crippen LogP contribution is 2.17. The number of piperazine rings is 1. The van der Waals surface area contributed by atoms with Gasteiger partial charge in [-0.2, -0.15) is 0 Å². The summed E-state index contributed by atoms with van der Waals surface area (Å²) < 4.78 is 0. The third kappa shape index (κ3) is 4.14. The molecule has 5 nitrogen and oxygen atoms in total. The average Bonchev–Trinajstić information content (AvgIpc) is 3.21. The van der Waals surface area contributed by atoms with E-state index in [1.165, 1.54) is 16.6 Å². The first-order valence-corrected chi connectivity index (χ1v) is 9.65. The number of benzene rings is 2. The molecule has 0 spiro atoms. The summed E-state index contributed by atoms with van der Waals surface area (Å²) in [5, 5.41) is 4.66. The molecule has 0 aliphatic carbocycles. The van der Waals surface area contributed by atoms with E-state index in [9.17, 15) is 4.79 Å². The van der Waals surface area contributed by atoms with Gasteiger partial charge in [0.25, 0.3) is 0 Å². The maximum absolute atomic E-state index is 12.5. The van der Waals surface area contributed by atoms with E-state index in [1.807, 2.05) is 17.2 Å². The highest BCUT2D eigenvalue weighted by Gasteiger charge is 2.20. The molecule has 1 aliphatic heterocycles. The highest BCUT2D eigenvalue weighted by atomic mass is 16.2. The number of nitrogens with zero attached hydrogens (tertiary/aromatic N) is 2. The normalized spacial score (nSPS) is 14.7. The first kappa shape index (κ1) is 17.6. The van der Waals surface area contributed by atoms with Gasteiger partial charge in [0.05, 0.1) is 0 Å². The predicted octanol–water partition coefficient (Wildman–Crippen LogP) is 3.00. The summed E-state index contributed by atoms with van der Waals surface area (Å²) in [5.41, 5.74) is 3.66. The van der Waals surface area contributed by atoms with Crippen LogP contribution in [0.3, 0.4) is 0 Å². The quantitative estimate of drug-likeness (QED) is 0.663. The Balaban J connectivity index is 1.21. The summed E-state index contributed by atoms with van der Waals surface area (Å²) in [4.78, 5) is 20.1. The molecule has 0 bridgehead atoms. The maximum atomic E-state index is 12.5. The van der Waals surface area contributed by atoms with Gasteiger partial charge in [0.1, 0.15) is 0 Å². The summed E-state index contributed by atoms with van der Waals surface area (Å²) in [5.74, 6) is 0.245. The van der Waals surface area contributed by atoms with Gasteiger partial charge >= 0.3 is 0 Å². The minimum Gasteiger partial charge on any atom is -0.368 e. The Morgan fingerprint density at radius 2 is 1.78 bits per heavy atom. The first-order valence-electron chi connectivity index (χ1n) is 9.65. The van der Waals surface area contributed by atoms with Crippen LogP contribution in [0.2, 0.25) is 0 Å². The molecule has 1 saturated heterocycles. The van der Waals surface area contributed by atoms with Crippen LogP contribution in [0, 0.1) is 0 Å². The lowest BCUT2D eigenvalue weighted by Crippen LogP contribution is -2.49. The van der Waals surface area contributed by atoms with Crippen LogP contribution >= 0.6 is 0 Å². The van der Waals surface area contributed by atoms with Crippen LogP contribution in [-0.4, -0.2) is 48.5 Å². The van der Waals surface area contributed by atoms with Crippen LogP contribution in [0.4, 0.5) is 5.69 Å². The molecule has 2 aromatic carbocycles. The zero-order valence-electron chi connectivity index (χ0n) is 15.5. The second kappa shape index (κ2) is 8.27. The van der Waals surface area contributed by atoms with Crippen LogP contribution < -0.4 is 10.2 Å². The summed E-state index contributed by atoms with van der Waals surface area (Å²) >= 11 is 0. The van der Waals surface area contributed by atoms with Gasteiger partial charge in [0.2, 0.25) is 5.91 Å². The number of fused-ring (bicyclic) bond motifs is 1. The van der Waals surface area contributed by atoms with E-state index in [4.69, 9.17) is 0 Å². The van der Waals surface area contributed by atoms with Crippen molar-refractivity contribution in [3.05, 3.63) is 66.4 Å². The van der Waals surface area contributed by atoms with Crippen LogP contribution in [0.15, 0.2) is 60.8 Å². The number of anilines is 1. The molecule has 0 radical (unpaired) electrons. The molecule has 2 N–H and O–H groups in total. The number of hydrogen-bond donors (Lipinski definition) is 2. The van der Waals surface area contributed by atoms with Crippen molar-refractivity contribution in [3.8, 4) is 0 Å². The van der Waals surface area contributed by atoms with Crippen molar-refractivity contribution < 1.29 is 4.79 Å². The number of carbonyl (C=O) groups is 1. The van der Waals surface area contributed by atoms with Gasteiger partial charge < -0.3 is 20.1 Å². The Morgan fingerprint density at radius 1 is 0.963 bits per heavy atom. The number of aromatic amines is 1. The Kier molecular flexibility index (Phi) is 5.39. The van der Waals surface area contributed by atoms with Gasteiger partial charge in [-0.15, -0.1) is 0 Å². The van der Waals surface area contributed by atoms with Gasteiger partial charge in [-0.3, -0.25) is 4.79 Å². The van der Waals surface area contributed by atoms with Crippen LogP contribution in [-0.2, 0) is 11.3 Å². The SMILES string of the molecule is O=C(CCNCc1cccc2[nH]ccc12)N1CCN(c2ccccc2)CC1. The highest BCUT2D eigenvalue weighted by molar-refractivity contribution is 5.82. The monoisotopic (exact) mass is 362 g/mol. The topological polar surface area (TPSA) is 51.4 Å². The molecule has 1 aromatic heterocycles. The Labute approximate surface area is 160 Å². The van der Waals surface area contributed by atoms with E-state index < -0.39 is 0 Å². The van der Waals surface area contributed by atoms with Crippen molar-refractivity contribution in [3.63, 3.8) is 0 Å². The summed E-state index contributed by atoms with van der Waals surface area (Å²) in [6.45, 7) is 4.90. The minimum atomic E-state index is 0.245. The van der Waals surface area contributed by atoms with E-state index in [0.717, 1.165) is 38.2 Å². The maximum Gasteiger partial charge on any atom is 0.223 e. The number of aromatic nitrogens is 1. The number of carbonyl (C=O) groups excluding carboxylic acids is 1. The van der Waals surface area contributed by atoms with Crippen molar-refractivity contribution in [1.29, 1.82) is 0 Å². The lowest BCUT2D eigenvalue weighted by Gasteiger charge is -2.36. The molecule has 3 aromatic rings. The second-order valence-corrected chi connectivity index (χ2v) is 6.99. The fourth-order valence-corrected chi connectivity index (χ4v) is 3.73. The summed E-state index contributed by atoms with van der Waals surface area (Å²) in [6.07, 6.45) is 2.52. The third-order valence-corrected chi connectivity index (χ3v) is 5.27. The standard InChI is InChI=1S/C22H26N4O/c27-22(26-15-13-25(14-16-26)19-6-2-1-3-7-19)10-11-23-17-18-5-4-8-21-20(18)9-12-24-21/h1-9,12,23-24H,10-11,13-17H2. The molecule has 27 heavy (non-hydrogen) atoms. The van der Waals surface area contributed by atoms with Crippen molar-refractivity contribution >= 4 is 22.5 Å². The number of H-pyrrole nitrogens is 1. The molecule has 5 heteroatoms. The van der Waals surface area contributed by atoms with Crippen molar-refractivity contribution in [2.45, 2.75) is 13.0 Å². The van der Waals surface area contributed by atoms with E-state index in [2.05, 4.69) is 63.7 Å². The van der Waals surface area contributed by atoms with Crippen molar-refractivity contribution in [2.24, 2.45) is 0 Å². The first-order chi connectivity index (χ1) is 13.3. The number of hydrogen-bond acceptors (Lipinski definition) is 3. The number of rotatable bonds is 6. The molecular formula is C22H26N4O. The smallest absolute Gasteiger partial charge is 0.223 e. The minimum absolute atomic E-state index is 0.245. The number of amides is 1. The second-order valence-electron chi connectivity index (χ2n) is 6.99. The fraction of sp³-hybridized carbons (Fsp3) is 0.318. The lowest BCUT2D eigenvalue weighted by molar-refractivity contribution is -0.131. The summed E-state index contributed by atoms with van der Waals surface area (Å²) in [7, 11) is 0. The number of nitrogens with one attached hydrogen (secondary N) is 2. The zero-order chi connectivity index (χ0) is 18.5. The fourth-order valence-electron chi connectivity index (χ4n) is 3.73. The molecule has 140 valence electrons.